The largest absolute Gasteiger partial charge is 0.334 e. The quantitative estimate of drug-likeness (QED) is 0.528. The molecule has 0 amide bonds. The van der Waals surface area contributed by atoms with Gasteiger partial charge in [-0.2, -0.15) is 0 Å². The number of aryl methyl sites for hydroxylation is 2. The van der Waals surface area contributed by atoms with E-state index in [9.17, 15) is 4.79 Å². The Morgan fingerprint density at radius 1 is 1.57 bits per heavy atom. The second kappa shape index (κ2) is 3.40. The van der Waals surface area contributed by atoms with E-state index in [1.54, 1.807) is 6.92 Å². The number of ketones is 1. The number of hydrogen-bond acceptors (Lipinski definition) is 2. The molecule has 0 radical (unpaired) electrons. The summed E-state index contributed by atoms with van der Waals surface area (Å²) in [7, 11) is 0. The zero-order valence-electron chi connectivity index (χ0n) is 8.42. The van der Waals surface area contributed by atoms with Crippen LogP contribution in [-0.2, 0) is 13.0 Å². The molecule has 0 atom stereocenters. The molecule has 2 heterocycles. The van der Waals surface area contributed by atoms with Crippen molar-refractivity contribution in [1.82, 2.24) is 9.55 Å². The fourth-order valence-electron chi connectivity index (χ4n) is 1.74. The Labute approximate surface area is 83.5 Å². The Balaban J connectivity index is 2.32. The second-order valence-electron chi connectivity index (χ2n) is 3.80. The molecule has 1 aromatic heterocycles. The van der Waals surface area contributed by atoms with Crippen molar-refractivity contribution in [3.05, 3.63) is 29.9 Å². The van der Waals surface area contributed by atoms with Gasteiger partial charge in [0.1, 0.15) is 11.5 Å². The fourth-order valence-corrected chi connectivity index (χ4v) is 1.74. The van der Waals surface area contributed by atoms with Crippen molar-refractivity contribution in [2.75, 3.05) is 0 Å². The summed E-state index contributed by atoms with van der Waals surface area (Å²) in [5.41, 5.74) is 1.11. The lowest BCUT2D eigenvalue weighted by Gasteiger charge is -2.11. The molecule has 0 saturated heterocycles. The molecule has 3 nitrogen and oxygen atoms in total. The molecule has 1 aliphatic heterocycles. The lowest BCUT2D eigenvalue weighted by Crippen LogP contribution is -2.08. The first-order valence-electron chi connectivity index (χ1n) is 4.95. The molecule has 0 spiro atoms. The summed E-state index contributed by atoms with van der Waals surface area (Å²) < 4.78 is 2.08. The van der Waals surface area contributed by atoms with E-state index < -0.39 is 0 Å². The maximum Gasteiger partial charge on any atom is 0.208 e. The van der Waals surface area contributed by atoms with E-state index >= 15 is 0 Å². The molecule has 0 saturated carbocycles. The number of aromatic nitrogens is 2. The van der Waals surface area contributed by atoms with Crippen LogP contribution in [0, 0.1) is 0 Å². The third kappa shape index (κ3) is 1.50. The van der Waals surface area contributed by atoms with Gasteiger partial charge >= 0.3 is 0 Å². The molecule has 1 aliphatic rings. The van der Waals surface area contributed by atoms with Gasteiger partial charge in [-0.25, -0.2) is 4.98 Å². The number of Topliss-reactive ketones (excluding diaryl/α,β-unsaturated/α-hetero) is 1. The van der Waals surface area contributed by atoms with E-state index in [1.807, 2.05) is 6.20 Å². The molecular formula is C11H14N2O. The Kier molecular flexibility index (Phi) is 2.23. The zero-order valence-corrected chi connectivity index (χ0v) is 8.42. The van der Waals surface area contributed by atoms with Crippen LogP contribution < -0.4 is 0 Å². The lowest BCUT2D eigenvalue weighted by atomic mass is 10.2. The van der Waals surface area contributed by atoms with Crippen LogP contribution in [0.5, 0.6) is 0 Å². The van der Waals surface area contributed by atoms with Gasteiger partial charge in [0.15, 0.2) is 0 Å². The summed E-state index contributed by atoms with van der Waals surface area (Å²) in [5, 5.41) is 0. The van der Waals surface area contributed by atoms with Crippen LogP contribution in [0.3, 0.4) is 0 Å². The van der Waals surface area contributed by atoms with Crippen molar-refractivity contribution >= 4 is 5.78 Å². The number of nitrogens with zero attached hydrogens (tertiary/aromatic N) is 2. The van der Waals surface area contributed by atoms with Gasteiger partial charge in [-0.3, -0.25) is 4.79 Å². The maximum atomic E-state index is 11.6. The highest BCUT2D eigenvalue weighted by atomic mass is 16.1. The van der Waals surface area contributed by atoms with Crippen LogP contribution in [-0.4, -0.2) is 15.3 Å². The minimum atomic E-state index is -0.0353. The van der Waals surface area contributed by atoms with Gasteiger partial charge in [-0.1, -0.05) is 6.58 Å². The number of rotatable bonds is 2. The predicted octanol–water partition coefficient (Wildman–Crippen LogP) is 1.98. The third-order valence-corrected chi connectivity index (χ3v) is 2.53. The average Bonchev–Trinajstić information content (AvgIpc) is 2.59. The van der Waals surface area contributed by atoms with Gasteiger partial charge in [0, 0.05) is 19.2 Å². The van der Waals surface area contributed by atoms with Gasteiger partial charge in [0.2, 0.25) is 5.78 Å². The first kappa shape index (κ1) is 9.19. The van der Waals surface area contributed by atoms with Crippen molar-refractivity contribution in [2.24, 2.45) is 0 Å². The van der Waals surface area contributed by atoms with E-state index in [4.69, 9.17) is 0 Å². The topological polar surface area (TPSA) is 34.9 Å². The van der Waals surface area contributed by atoms with Crippen molar-refractivity contribution in [2.45, 2.75) is 32.7 Å². The van der Waals surface area contributed by atoms with Gasteiger partial charge in [-0.05, 0) is 25.3 Å². The maximum absolute atomic E-state index is 11.6. The van der Waals surface area contributed by atoms with E-state index in [2.05, 4.69) is 16.1 Å². The molecule has 0 fully saturated rings. The van der Waals surface area contributed by atoms with Crippen LogP contribution in [0.2, 0.25) is 0 Å². The molecule has 0 aromatic carbocycles. The molecule has 14 heavy (non-hydrogen) atoms. The summed E-state index contributed by atoms with van der Waals surface area (Å²) >= 11 is 0. The minimum Gasteiger partial charge on any atom is -0.334 e. The van der Waals surface area contributed by atoms with Crippen LogP contribution in [0.15, 0.2) is 18.3 Å². The van der Waals surface area contributed by atoms with E-state index in [0.29, 0.717) is 11.3 Å². The molecule has 3 heteroatoms. The number of fused-ring (bicyclic) bond motifs is 1. The summed E-state index contributed by atoms with van der Waals surface area (Å²) in [4.78, 5) is 15.9. The lowest BCUT2D eigenvalue weighted by molar-refractivity contribution is 0.103. The van der Waals surface area contributed by atoms with Crippen LogP contribution >= 0.6 is 0 Å². The molecule has 2 rings (SSSR count). The first-order chi connectivity index (χ1) is 6.68. The zero-order chi connectivity index (χ0) is 10.1. The fraction of sp³-hybridized carbons (Fsp3) is 0.455. The van der Waals surface area contributed by atoms with Gasteiger partial charge in [-0.15, -0.1) is 0 Å². The Morgan fingerprint density at radius 2 is 2.36 bits per heavy atom. The Morgan fingerprint density at radius 3 is 3.00 bits per heavy atom. The second-order valence-corrected chi connectivity index (χ2v) is 3.80. The standard InChI is InChI=1S/C11H14N2O/c1-8(2)11(14)9-7-13-6-4-3-5-10(13)12-9/h7H,1,3-6H2,2H3. The van der Waals surface area contributed by atoms with Crippen molar-refractivity contribution < 1.29 is 4.79 Å². The predicted molar refractivity (Wildman–Crippen MR) is 54.3 cm³/mol. The monoisotopic (exact) mass is 190 g/mol. The van der Waals surface area contributed by atoms with Crippen LogP contribution in [0.1, 0.15) is 36.1 Å². The number of hydrogen-bond donors (Lipinski definition) is 0. The number of allylic oxidation sites excluding steroid dienone is 1. The number of carbonyl (C=O) groups excluding carboxylic acids is 1. The van der Waals surface area contributed by atoms with Gasteiger partial charge < -0.3 is 4.57 Å². The molecule has 74 valence electrons. The highest BCUT2D eigenvalue weighted by Crippen LogP contribution is 2.15. The summed E-state index contributed by atoms with van der Waals surface area (Å²) in [6.45, 7) is 6.35. The van der Waals surface area contributed by atoms with Crippen molar-refractivity contribution in [1.29, 1.82) is 0 Å². The smallest absolute Gasteiger partial charge is 0.208 e. The number of carbonyl (C=O) groups is 1. The van der Waals surface area contributed by atoms with Crippen molar-refractivity contribution in [3.63, 3.8) is 0 Å². The van der Waals surface area contributed by atoms with Crippen LogP contribution in [0.25, 0.3) is 0 Å². The van der Waals surface area contributed by atoms with E-state index in [1.165, 1.54) is 12.8 Å². The molecular weight excluding hydrogens is 176 g/mol. The average molecular weight is 190 g/mol. The number of imidazole rings is 1. The normalized spacial score (nSPS) is 14.9. The molecule has 0 unspecified atom stereocenters. The molecule has 0 aliphatic carbocycles. The van der Waals surface area contributed by atoms with E-state index in [0.717, 1.165) is 18.8 Å². The summed E-state index contributed by atoms with van der Waals surface area (Å²) in [6, 6.07) is 0. The molecule has 0 bridgehead atoms. The highest BCUT2D eigenvalue weighted by molar-refractivity contribution is 6.06. The Hall–Kier alpha value is -1.38. The van der Waals surface area contributed by atoms with Crippen molar-refractivity contribution in [3.8, 4) is 0 Å². The van der Waals surface area contributed by atoms with Crippen LogP contribution in [0.4, 0.5) is 0 Å². The van der Waals surface area contributed by atoms with E-state index in [-0.39, 0.29) is 5.78 Å². The SMILES string of the molecule is C=C(C)C(=O)c1cn2c(n1)CCCC2. The minimum absolute atomic E-state index is 0.0353. The Bertz CT molecular complexity index is 366. The summed E-state index contributed by atoms with van der Waals surface area (Å²) in [6.07, 6.45) is 5.21. The third-order valence-electron chi connectivity index (χ3n) is 2.53. The molecule has 1 aromatic rings. The molecule has 0 N–H and O–H groups in total. The van der Waals surface area contributed by atoms with Gasteiger partial charge in [0.25, 0.3) is 0 Å². The van der Waals surface area contributed by atoms with Gasteiger partial charge in [0.05, 0.1) is 0 Å². The highest BCUT2D eigenvalue weighted by Gasteiger charge is 2.16. The first-order valence-corrected chi connectivity index (χ1v) is 4.95. The summed E-state index contributed by atoms with van der Waals surface area (Å²) in [5.74, 6) is 1.01.